The molecule has 1 aliphatic heterocycles. The molecule has 31 heavy (non-hydrogen) atoms. The van der Waals surface area contributed by atoms with Gasteiger partial charge in [0.2, 0.25) is 0 Å². The van der Waals surface area contributed by atoms with Crippen molar-refractivity contribution in [2.75, 3.05) is 27.2 Å². The molecule has 3 rings (SSSR count). The molecule has 0 amide bonds. The highest BCUT2D eigenvalue weighted by Crippen LogP contribution is 2.20. The van der Waals surface area contributed by atoms with E-state index in [9.17, 15) is 4.39 Å². The maximum Gasteiger partial charge on any atom is 0.191 e. The van der Waals surface area contributed by atoms with E-state index in [4.69, 9.17) is 4.74 Å². The third-order valence-corrected chi connectivity index (χ3v) is 5.79. The molecular weight excluding hydrogens is 506 g/mol. The molecule has 5 nitrogen and oxygen atoms in total. The van der Waals surface area contributed by atoms with Gasteiger partial charge in [0, 0.05) is 45.9 Å². The molecule has 1 heterocycles. The van der Waals surface area contributed by atoms with E-state index in [-0.39, 0.29) is 35.9 Å². The Kier molecular flexibility index (Phi) is 10.7. The van der Waals surface area contributed by atoms with Crippen molar-refractivity contribution in [3.63, 3.8) is 0 Å². The van der Waals surface area contributed by atoms with Gasteiger partial charge in [0.1, 0.15) is 5.82 Å². The lowest BCUT2D eigenvalue weighted by Gasteiger charge is -2.38. The highest BCUT2D eigenvalue weighted by atomic mass is 127. The molecule has 2 aromatic rings. The Morgan fingerprint density at radius 3 is 2.52 bits per heavy atom. The molecule has 0 saturated carbocycles. The number of benzene rings is 2. The van der Waals surface area contributed by atoms with E-state index in [0.717, 1.165) is 37.5 Å². The lowest BCUT2D eigenvalue weighted by molar-refractivity contribution is 0.106. The smallest absolute Gasteiger partial charge is 0.191 e. The first-order valence-electron chi connectivity index (χ1n) is 10.6. The largest absolute Gasteiger partial charge is 0.375 e. The molecule has 7 heteroatoms. The van der Waals surface area contributed by atoms with Crippen LogP contribution in [0.25, 0.3) is 0 Å². The summed E-state index contributed by atoms with van der Waals surface area (Å²) in [5.41, 5.74) is 2.30. The van der Waals surface area contributed by atoms with Gasteiger partial charge in [-0.05, 0) is 43.0 Å². The van der Waals surface area contributed by atoms with Gasteiger partial charge in [0.05, 0.1) is 6.10 Å². The molecular formula is C24H34FIN4O. The van der Waals surface area contributed by atoms with Crippen LogP contribution in [0, 0.1) is 5.82 Å². The van der Waals surface area contributed by atoms with Gasteiger partial charge in [0.25, 0.3) is 0 Å². The Hall–Kier alpha value is -1.71. The predicted octanol–water partition coefficient (Wildman–Crippen LogP) is 4.35. The van der Waals surface area contributed by atoms with Gasteiger partial charge in [-0.15, -0.1) is 24.0 Å². The minimum Gasteiger partial charge on any atom is -0.375 e. The second kappa shape index (κ2) is 13.0. The SMILES string of the molecule is CN=C(NCC(OC)c1ccc(F)cc1)NC1CCN(Cc2ccccc2)C(C)C1.I. The number of nitrogens with zero attached hydrogens (tertiary/aromatic N) is 2. The Morgan fingerprint density at radius 2 is 1.90 bits per heavy atom. The van der Waals surface area contributed by atoms with Crippen LogP contribution in [-0.2, 0) is 11.3 Å². The number of hydrogen-bond acceptors (Lipinski definition) is 3. The first-order chi connectivity index (χ1) is 14.6. The van der Waals surface area contributed by atoms with Crippen molar-refractivity contribution in [3.8, 4) is 0 Å². The van der Waals surface area contributed by atoms with Gasteiger partial charge in [-0.25, -0.2) is 4.39 Å². The Balaban J connectivity index is 0.00000341. The molecule has 0 radical (unpaired) electrons. The van der Waals surface area contributed by atoms with Crippen molar-refractivity contribution < 1.29 is 9.13 Å². The van der Waals surface area contributed by atoms with E-state index in [1.165, 1.54) is 17.7 Å². The summed E-state index contributed by atoms with van der Waals surface area (Å²) in [5, 5.41) is 6.91. The highest BCUT2D eigenvalue weighted by Gasteiger charge is 2.26. The minimum absolute atomic E-state index is 0. The van der Waals surface area contributed by atoms with Crippen molar-refractivity contribution >= 4 is 29.9 Å². The van der Waals surface area contributed by atoms with Crippen LogP contribution >= 0.6 is 24.0 Å². The van der Waals surface area contributed by atoms with Crippen LogP contribution in [-0.4, -0.2) is 50.2 Å². The zero-order chi connectivity index (χ0) is 21.3. The maximum atomic E-state index is 13.2. The Labute approximate surface area is 202 Å². The van der Waals surface area contributed by atoms with E-state index in [2.05, 4.69) is 57.8 Å². The van der Waals surface area contributed by atoms with E-state index >= 15 is 0 Å². The molecule has 0 spiro atoms. The van der Waals surface area contributed by atoms with Crippen LogP contribution in [0.1, 0.15) is 37.0 Å². The van der Waals surface area contributed by atoms with Crippen LogP contribution in [0.2, 0.25) is 0 Å². The molecule has 170 valence electrons. The third-order valence-electron chi connectivity index (χ3n) is 5.79. The van der Waals surface area contributed by atoms with Crippen molar-refractivity contribution in [1.29, 1.82) is 0 Å². The lowest BCUT2D eigenvalue weighted by Crippen LogP contribution is -2.51. The number of aliphatic imine (C=N–C) groups is 1. The molecule has 0 aromatic heterocycles. The number of piperidine rings is 1. The minimum atomic E-state index is -0.244. The van der Waals surface area contributed by atoms with Gasteiger partial charge in [-0.3, -0.25) is 9.89 Å². The fraction of sp³-hybridized carbons (Fsp3) is 0.458. The zero-order valence-electron chi connectivity index (χ0n) is 18.6. The van der Waals surface area contributed by atoms with Crippen molar-refractivity contribution in [3.05, 3.63) is 71.5 Å². The molecule has 1 aliphatic rings. The molecule has 3 unspecified atom stereocenters. The van der Waals surface area contributed by atoms with Crippen molar-refractivity contribution in [2.24, 2.45) is 4.99 Å². The highest BCUT2D eigenvalue weighted by molar-refractivity contribution is 14.0. The average Bonchev–Trinajstić information content (AvgIpc) is 2.77. The number of halogens is 2. The number of nitrogens with one attached hydrogen (secondary N) is 2. The number of hydrogen-bond donors (Lipinski definition) is 2. The van der Waals surface area contributed by atoms with Gasteiger partial charge in [-0.2, -0.15) is 0 Å². The summed E-state index contributed by atoms with van der Waals surface area (Å²) >= 11 is 0. The zero-order valence-corrected chi connectivity index (χ0v) is 20.9. The number of methoxy groups -OCH3 is 1. The third kappa shape index (κ3) is 7.73. The lowest BCUT2D eigenvalue weighted by atomic mass is 9.97. The summed E-state index contributed by atoms with van der Waals surface area (Å²) in [6.45, 7) is 4.91. The quantitative estimate of drug-likeness (QED) is 0.312. The molecule has 2 aromatic carbocycles. The summed E-state index contributed by atoms with van der Waals surface area (Å²) < 4.78 is 18.7. The first kappa shape index (κ1) is 25.5. The number of guanidine groups is 1. The van der Waals surface area contributed by atoms with Crippen LogP contribution in [0.3, 0.4) is 0 Å². The van der Waals surface area contributed by atoms with Crippen LogP contribution in [0.15, 0.2) is 59.6 Å². The van der Waals surface area contributed by atoms with Crippen molar-refractivity contribution in [2.45, 2.75) is 44.5 Å². The Bertz CT molecular complexity index is 803. The topological polar surface area (TPSA) is 48.9 Å². The molecule has 1 fully saturated rings. The molecule has 2 N–H and O–H groups in total. The summed E-state index contributed by atoms with van der Waals surface area (Å²) in [4.78, 5) is 6.91. The first-order valence-corrected chi connectivity index (χ1v) is 10.6. The molecule has 3 atom stereocenters. The summed E-state index contributed by atoms with van der Waals surface area (Å²) in [5.74, 6) is 0.527. The molecule has 0 bridgehead atoms. The second-order valence-corrected chi connectivity index (χ2v) is 7.90. The number of rotatable bonds is 7. The second-order valence-electron chi connectivity index (χ2n) is 7.90. The predicted molar refractivity (Wildman–Crippen MR) is 135 cm³/mol. The van der Waals surface area contributed by atoms with E-state index in [0.29, 0.717) is 18.6 Å². The van der Waals surface area contributed by atoms with Gasteiger partial charge >= 0.3 is 0 Å². The van der Waals surface area contributed by atoms with Gasteiger partial charge < -0.3 is 15.4 Å². The number of likely N-dealkylation sites (tertiary alicyclic amines) is 1. The Morgan fingerprint density at radius 1 is 1.19 bits per heavy atom. The fourth-order valence-corrected chi connectivity index (χ4v) is 4.00. The number of ether oxygens (including phenoxy) is 1. The maximum absolute atomic E-state index is 13.2. The normalized spacial score (nSPS) is 20.6. The van der Waals surface area contributed by atoms with Crippen LogP contribution < -0.4 is 10.6 Å². The van der Waals surface area contributed by atoms with E-state index in [1.807, 2.05) is 0 Å². The van der Waals surface area contributed by atoms with Crippen LogP contribution in [0.4, 0.5) is 4.39 Å². The molecule has 1 saturated heterocycles. The van der Waals surface area contributed by atoms with Crippen LogP contribution in [0.5, 0.6) is 0 Å². The monoisotopic (exact) mass is 540 g/mol. The average molecular weight is 540 g/mol. The van der Waals surface area contributed by atoms with Crippen molar-refractivity contribution in [1.82, 2.24) is 15.5 Å². The van der Waals surface area contributed by atoms with E-state index < -0.39 is 0 Å². The van der Waals surface area contributed by atoms with E-state index in [1.54, 1.807) is 26.3 Å². The van der Waals surface area contributed by atoms with Gasteiger partial charge in [0.15, 0.2) is 5.96 Å². The fourth-order valence-electron chi connectivity index (χ4n) is 4.00. The summed E-state index contributed by atoms with van der Waals surface area (Å²) in [6.07, 6.45) is 1.97. The summed E-state index contributed by atoms with van der Waals surface area (Å²) in [6, 6.07) is 17.9. The van der Waals surface area contributed by atoms with Gasteiger partial charge in [-0.1, -0.05) is 42.5 Å². The molecule has 0 aliphatic carbocycles. The summed E-state index contributed by atoms with van der Waals surface area (Å²) in [7, 11) is 3.44. The standard InChI is InChI=1S/C24H33FN4O.HI/c1-18-15-22(13-14-29(18)17-19-7-5-4-6-8-19)28-24(26-2)27-16-23(30-3)20-9-11-21(25)12-10-20;/h4-12,18,22-23H,13-17H2,1-3H3,(H2,26,27,28);1H.